The average molecular weight is 372 g/mol. The van der Waals surface area contributed by atoms with Crippen molar-refractivity contribution in [2.75, 3.05) is 37.8 Å². The zero-order valence-electron chi connectivity index (χ0n) is 11.7. The molecule has 2 aliphatic rings. The van der Waals surface area contributed by atoms with Crippen LogP contribution in [0.3, 0.4) is 0 Å². The molecule has 0 spiro atoms. The predicted molar refractivity (Wildman–Crippen MR) is 89.4 cm³/mol. The lowest BCUT2D eigenvalue weighted by Crippen LogP contribution is -2.42. The number of fused-ring (bicyclic) bond motifs is 1. The standard InChI is InChI=1S/C14H18BrN3O2S/c15-11-7-10(8-12-13(11)20-4-3-19-12)9-17-14(16)18-1-5-21-6-2-18/h7-8H,1-6,9H2,(H2,16,17). The smallest absolute Gasteiger partial charge is 0.191 e. The summed E-state index contributed by atoms with van der Waals surface area (Å²) in [7, 11) is 0. The van der Waals surface area contributed by atoms with Gasteiger partial charge >= 0.3 is 0 Å². The molecule has 2 aliphatic heterocycles. The fourth-order valence-corrected chi connectivity index (χ4v) is 3.83. The molecule has 0 unspecified atom stereocenters. The van der Waals surface area contributed by atoms with Crippen molar-refractivity contribution in [1.29, 1.82) is 0 Å². The number of nitrogens with two attached hydrogens (primary N) is 1. The average Bonchev–Trinajstić information content (AvgIpc) is 2.53. The minimum absolute atomic E-state index is 0.546. The van der Waals surface area contributed by atoms with Gasteiger partial charge in [-0.3, -0.25) is 0 Å². The fraction of sp³-hybridized carbons (Fsp3) is 0.500. The van der Waals surface area contributed by atoms with Crippen LogP contribution in [-0.2, 0) is 6.54 Å². The molecule has 0 radical (unpaired) electrons. The Kier molecular flexibility index (Phi) is 4.80. The third-order valence-electron chi connectivity index (χ3n) is 3.42. The Morgan fingerprint density at radius 3 is 2.86 bits per heavy atom. The van der Waals surface area contributed by atoms with E-state index in [1.54, 1.807) is 0 Å². The molecule has 0 atom stereocenters. The summed E-state index contributed by atoms with van der Waals surface area (Å²) in [6, 6.07) is 3.98. The maximum atomic E-state index is 6.07. The molecule has 1 saturated heterocycles. The molecule has 0 aromatic heterocycles. The molecular formula is C14H18BrN3O2S. The van der Waals surface area contributed by atoms with Gasteiger partial charge in [-0.05, 0) is 33.6 Å². The lowest BCUT2D eigenvalue weighted by Gasteiger charge is -2.27. The quantitative estimate of drug-likeness (QED) is 0.636. The Morgan fingerprint density at radius 2 is 2.05 bits per heavy atom. The highest BCUT2D eigenvalue weighted by Crippen LogP contribution is 2.38. The second-order valence-electron chi connectivity index (χ2n) is 4.88. The first-order chi connectivity index (χ1) is 10.2. The summed E-state index contributed by atoms with van der Waals surface area (Å²) in [5.74, 6) is 4.41. The highest BCUT2D eigenvalue weighted by atomic mass is 79.9. The van der Waals surface area contributed by atoms with Gasteiger partial charge in [0.15, 0.2) is 17.5 Å². The maximum absolute atomic E-state index is 6.07. The summed E-state index contributed by atoms with van der Waals surface area (Å²) in [5, 5.41) is 0. The van der Waals surface area contributed by atoms with Gasteiger partial charge in [0.05, 0.1) is 11.0 Å². The molecule has 0 saturated carbocycles. The molecule has 0 amide bonds. The van der Waals surface area contributed by atoms with Crippen LogP contribution < -0.4 is 15.2 Å². The van der Waals surface area contributed by atoms with Gasteiger partial charge in [-0.1, -0.05) is 0 Å². The topological polar surface area (TPSA) is 60.1 Å². The van der Waals surface area contributed by atoms with Crippen LogP contribution in [0.4, 0.5) is 0 Å². The molecule has 5 nitrogen and oxygen atoms in total. The minimum Gasteiger partial charge on any atom is -0.486 e. The number of aliphatic imine (C=N–C) groups is 1. The molecular weight excluding hydrogens is 354 g/mol. The molecule has 1 aromatic carbocycles. The van der Waals surface area contributed by atoms with Crippen LogP contribution in [0.5, 0.6) is 11.5 Å². The Bertz CT molecular complexity index is 547. The Morgan fingerprint density at radius 1 is 1.29 bits per heavy atom. The number of guanidine groups is 1. The molecule has 114 valence electrons. The fourth-order valence-electron chi connectivity index (χ4n) is 2.32. The van der Waals surface area contributed by atoms with Crippen molar-refractivity contribution in [2.45, 2.75) is 6.54 Å². The van der Waals surface area contributed by atoms with E-state index in [0.29, 0.717) is 25.7 Å². The second-order valence-corrected chi connectivity index (χ2v) is 6.95. The van der Waals surface area contributed by atoms with Crippen LogP contribution in [0.1, 0.15) is 5.56 Å². The molecule has 0 bridgehead atoms. The summed E-state index contributed by atoms with van der Waals surface area (Å²) in [6.45, 7) is 3.67. The number of nitrogens with zero attached hydrogens (tertiary/aromatic N) is 2. The van der Waals surface area contributed by atoms with Crippen molar-refractivity contribution in [3.05, 3.63) is 22.2 Å². The van der Waals surface area contributed by atoms with Gasteiger partial charge in [0.2, 0.25) is 0 Å². The molecule has 2 N–H and O–H groups in total. The van der Waals surface area contributed by atoms with Gasteiger partial charge in [0.1, 0.15) is 13.2 Å². The number of thioether (sulfide) groups is 1. The Hall–Kier alpha value is -1.08. The monoisotopic (exact) mass is 371 g/mol. The number of benzene rings is 1. The van der Waals surface area contributed by atoms with Crippen molar-refractivity contribution in [3.63, 3.8) is 0 Å². The number of hydrogen-bond donors (Lipinski definition) is 1. The van der Waals surface area contributed by atoms with E-state index in [1.165, 1.54) is 0 Å². The zero-order chi connectivity index (χ0) is 14.7. The molecule has 1 fully saturated rings. The Balaban J connectivity index is 1.71. The number of halogens is 1. The summed E-state index contributed by atoms with van der Waals surface area (Å²) >= 11 is 5.48. The van der Waals surface area contributed by atoms with Gasteiger partial charge in [0, 0.05) is 24.6 Å². The van der Waals surface area contributed by atoms with Gasteiger partial charge in [0.25, 0.3) is 0 Å². The van der Waals surface area contributed by atoms with Crippen molar-refractivity contribution in [2.24, 2.45) is 10.7 Å². The lowest BCUT2D eigenvalue weighted by atomic mass is 10.2. The van der Waals surface area contributed by atoms with E-state index in [2.05, 4.69) is 25.8 Å². The highest BCUT2D eigenvalue weighted by Gasteiger charge is 2.16. The largest absolute Gasteiger partial charge is 0.486 e. The summed E-state index contributed by atoms with van der Waals surface area (Å²) in [5.41, 5.74) is 7.13. The molecule has 0 aliphatic carbocycles. The first-order valence-electron chi connectivity index (χ1n) is 6.94. The van der Waals surface area contributed by atoms with Crippen LogP contribution in [-0.4, -0.2) is 48.7 Å². The maximum Gasteiger partial charge on any atom is 0.191 e. The normalized spacial score (nSPS) is 18.7. The van der Waals surface area contributed by atoms with Crippen LogP contribution >= 0.6 is 27.7 Å². The minimum atomic E-state index is 0.546. The predicted octanol–water partition coefficient (Wildman–Crippen LogP) is 2.08. The van der Waals surface area contributed by atoms with Crippen molar-refractivity contribution in [1.82, 2.24) is 4.90 Å². The first kappa shape index (κ1) is 14.8. The van der Waals surface area contributed by atoms with E-state index in [9.17, 15) is 0 Å². The van der Waals surface area contributed by atoms with Crippen LogP contribution in [0.25, 0.3) is 0 Å². The van der Waals surface area contributed by atoms with Crippen molar-refractivity contribution >= 4 is 33.7 Å². The number of rotatable bonds is 2. The summed E-state index contributed by atoms with van der Waals surface area (Å²) in [4.78, 5) is 6.64. The van der Waals surface area contributed by atoms with Crippen molar-refractivity contribution in [3.8, 4) is 11.5 Å². The van der Waals surface area contributed by atoms with Crippen LogP contribution in [0, 0.1) is 0 Å². The molecule has 7 heteroatoms. The summed E-state index contributed by atoms with van der Waals surface area (Å²) < 4.78 is 12.1. The SMILES string of the molecule is NC(=NCc1cc(Br)c2c(c1)OCCO2)N1CCSCC1. The summed E-state index contributed by atoms with van der Waals surface area (Å²) in [6.07, 6.45) is 0. The molecule has 2 heterocycles. The first-order valence-corrected chi connectivity index (χ1v) is 8.89. The molecule has 1 aromatic rings. The van der Waals surface area contributed by atoms with Crippen LogP contribution in [0.2, 0.25) is 0 Å². The van der Waals surface area contributed by atoms with E-state index in [0.717, 1.165) is 46.1 Å². The van der Waals surface area contributed by atoms with Gasteiger partial charge < -0.3 is 20.1 Å². The zero-order valence-corrected chi connectivity index (χ0v) is 14.1. The third kappa shape index (κ3) is 3.58. The van der Waals surface area contributed by atoms with Gasteiger partial charge in [-0.2, -0.15) is 11.8 Å². The number of ether oxygens (including phenoxy) is 2. The Labute approximate surface area is 137 Å². The van der Waals surface area contributed by atoms with E-state index >= 15 is 0 Å². The number of hydrogen-bond acceptors (Lipinski definition) is 4. The van der Waals surface area contributed by atoms with E-state index in [1.807, 2.05) is 23.9 Å². The van der Waals surface area contributed by atoms with Crippen LogP contribution in [0.15, 0.2) is 21.6 Å². The van der Waals surface area contributed by atoms with E-state index in [4.69, 9.17) is 15.2 Å². The van der Waals surface area contributed by atoms with Gasteiger partial charge in [-0.25, -0.2) is 4.99 Å². The highest BCUT2D eigenvalue weighted by molar-refractivity contribution is 9.10. The van der Waals surface area contributed by atoms with Crippen molar-refractivity contribution < 1.29 is 9.47 Å². The molecule has 21 heavy (non-hydrogen) atoms. The van der Waals surface area contributed by atoms with Gasteiger partial charge in [-0.15, -0.1) is 0 Å². The molecule has 3 rings (SSSR count). The second kappa shape index (κ2) is 6.79. The van der Waals surface area contributed by atoms with E-state index in [-0.39, 0.29) is 0 Å². The lowest BCUT2D eigenvalue weighted by molar-refractivity contribution is 0.170. The van der Waals surface area contributed by atoms with E-state index < -0.39 is 0 Å². The third-order valence-corrected chi connectivity index (χ3v) is 4.95.